The summed E-state index contributed by atoms with van der Waals surface area (Å²) in [7, 11) is 1.56. The highest BCUT2D eigenvalue weighted by Gasteiger charge is 2.26. The zero-order valence-electron chi connectivity index (χ0n) is 11.5. The van der Waals surface area contributed by atoms with Crippen LogP contribution in [0.1, 0.15) is 18.9 Å². The number of hydrogen-bond acceptors (Lipinski definition) is 3. The lowest BCUT2D eigenvalue weighted by Crippen LogP contribution is -2.27. The quantitative estimate of drug-likeness (QED) is 0.915. The molecular formula is C14H17BrN2O3. The van der Waals surface area contributed by atoms with Crippen LogP contribution in [0.5, 0.6) is 0 Å². The molecule has 0 fully saturated rings. The van der Waals surface area contributed by atoms with Gasteiger partial charge in [-0.3, -0.25) is 9.59 Å². The molecule has 0 bridgehead atoms. The van der Waals surface area contributed by atoms with Gasteiger partial charge in [0.25, 0.3) is 0 Å². The van der Waals surface area contributed by atoms with Crippen molar-refractivity contribution < 1.29 is 14.3 Å². The number of anilines is 2. The lowest BCUT2D eigenvalue weighted by atomic mass is 10.1. The molecule has 108 valence electrons. The Bertz CT molecular complexity index is 545. The zero-order chi connectivity index (χ0) is 14.7. The number of ether oxygens (including phenoxy) is 1. The molecule has 0 aliphatic carbocycles. The third-order valence-electron chi connectivity index (χ3n) is 3.22. The van der Waals surface area contributed by atoms with Crippen LogP contribution in [0.4, 0.5) is 11.4 Å². The number of nitrogens with zero attached hydrogens (tertiary/aromatic N) is 1. The van der Waals surface area contributed by atoms with E-state index in [1.807, 2.05) is 12.1 Å². The molecule has 0 aromatic heterocycles. The summed E-state index contributed by atoms with van der Waals surface area (Å²) < 4.78 is 5.78. The molecule has 6 heteroatoms. The van der Waals surface area contributed by atoms with Crippen LogP contribution in [-0.2, 0) is 20.7 Å². The fraction of sp³-hybridized carbons (Fsp3) is 0.429. The van der Waals surface area contributed by atoms with E-state index in [9.17, 15) is 9.59 Å². The third-order valence-corrected chi connectivity index (χ3v) is 3.67. The lowest BCUT2D eigenvalue weighted by molar-refractivity contribution is -0.117. The van der Waals surface area contributed by atoms with Crippen LogP contribution in [0.15, 0.2) is 16.6 Å². The fourth-order valence-electron chi connectivity index (χ4n) is 2.33. The summed E-state index contributed by atoms with van der Waals surface area (Å²) in [6, 6.07) is 3.81. The van der Waals surface area contributed by atoms with Gasteiger partial charge in [0.05, 0.1) is 24.4 Å². The molecule has 1 aliphatic rings. The molecule has 1 aliphatic heterocycles. The average Bonchev–Trinajstić information content (AvgIpc) is 2.80. The van der Waals surface area contributed by atoms with Crippen LogP contribution < -0.4 is 10.2 Å². The van der Waals surface area contributed by atoms with E-state index in [0.717, 1.165) is 22.1 Å². The van der Waals surface area contributed by atoms with Gasteiger partial charge in [-0.2, -0.15) is 0 Å². The number of halogens is 1. The van der Waals surface area contributed by atoms with E-state index in [1.165, 1.54) is 6.92 Å². The van der Waals surface area contributed by atoms with Gasteiger partial charge in [0.1, 0.15) is 0 Å². The Morgan fingerprint density at radius 2 is 2.20 bits per heavy atom. The molecule has 5 nitrogen and oxygen atoms in total. The number of carbonyl (C=O) groups excluding carboxylic acids is 2. The van der Waals surface area contributed by atoms with Gasteiger partial charge in [0.2, 0.25) is 11.8 Å². The van der Waals surface area contributed by atoms with Crippen molar-refractivity contribution >= 4 is 39.1 Å². The maximum absolute atomic E-state index is 11.8. The Balaban J connectivity index is 2.29. The van der Waals surface area contributed by atoms with Gasteiger partial charge >= 0.3 is 0 Å². The summed E-state index contributed by atoms with van der Waals surface area (Å²) in [5, 5.41) is 2.86. The van der Waals surface area contributed by atoms with Crippen LogP contribution in [-0.4, -0.2) is 32.1 Å². The van der Waals surface area contributed by atoms with Gasteiger partial charge in [-0.1, -0.05) is 15.9 Å². The molecule has 1 aromatic carbocycles. The number of rotatable bonds is 4. The predicted molar refractivity (Wildman–Crippen MR) is 81.0 cm³/mol. The first kappa shape index (κ1) is 15.0. The van der Waals surface area contributed by atoms with Gasteiger partial charge in [-0.25, -0.2) is 0 Å². The van der Waals surface area contributed by atoms with Gasteiger partial charge < -0.3 is 15.0 Å². The monoisotopic (exact) mass is 340 g/mol. The summed E-state index contributed by atoms with van der Waals surface area (Å²) in [4.78, 5) is 25.2. The molecule has 1 aromatic rings. The van der Waals surface area contributed by atoms with Crippen LogP contribution in [0.2, 0.25) is 0 Å². The van der Waals surface area contributed by atoms with Crippen molar-refractivity contribution in [2.45, 2.75) is 19.8 Å². The first-order valence-electron chi connectivity index (χ1n) is 6.42. The summed E-state index contributed by atoms with van der Waals surface area (Å²) in [6.07, 6.45) is 1.09. The summed E-state index contributed by atoms with van der Waals surface area (Å²) in [6.45, 7) is 2.56. The summed E-state index contributed by atoms with van der Waals surface area (Å²) in [5.74, 6) is -0.138. The Hall–Kier alpha value is -1.40. The highest BCUT2D eigenvalue weighted by Crippen LogP contribution is 2.38. The number of nitrogens with one attached hydrogen (secondary N) is 1. The number of hydrogen-bond donors (Lipinski definition) is 1. The van der Waals surface area contributed by atoms with Gasteiger partial charge in [0, 0.05) is 25.1 Å². The second-order valence-electron chi connectivity index (χ2n) is 4.67. The first-order valence-corrected chi connectivity index (χ1v) is 7.21. The topological polar surface area (TPSA) is 58.6 Å². The van der Waals surface area contributed by atoms with E-state index in [0.29, 0.717) is 18.8 Å². The summed E-state index contributed by atoms with van der Waals surface area (Å²) in [5.41, 5.74) is 2.55. The minimum absolute atomic E-state index is 0.0153. The number of amides is 2. The molecule has 0 saturated heterocycles. The maximum Gasteiger partial charge on any atom is 0.226 e. The molecule has 1 heterocycles. The van der Waals surface area contributed by atoms with Crippen molar-refractivity contribution in [2.75, 3.05) is 30.5 Å². The number of methoxy groups -OCH3 is 1. The van der Waals surface area contributed by atoms with E-state index >= 15 is 0 Å². The normalized spacial score (nSPS) is 13.2. The SMILES string of the molecule is COCCC(=O)Nc1cc(Br)cc2c1N(C(C)=O)CC2. The van der Waals surface area contributed by atoms with Crippen LogP contribution in [0, 0.1) is 0 Å². The molecular weight excluding hydrogens is 324 g/mol. The van der Waals surface area contributed by atoms with Crippen molar-refractivity contribution in [1.29, 1.82) is 0 Å². The standard InChI is InChI=1S/C14H17BrN2O3/c1-9(18)17-5-3-10-7-11(15)8-12(14(10)17)16-13(19)4-6-20-2/h7-8H,3-6H2,1-2H3,(H,16,19). The Morgan fingerprint density at radius 3 is 2.85 bits per heavy atom. The third kappa shape index (κ3) is 3.19. The summed E-state index contributed by atoms with van der Waals surface area (Å²) >= 11 is 3.44. The Morgan fingerprint density at radius 1 is 1.45 bits per heavy atom. The van der Waals surface area contributed by atoms with Crippen LogP contribution in [0.3, 0.4) is 0 Å². The molecule has 0 radical (unpaired) electrons. The van der Waals surface area contributed by atoms with E-state index in [2.05, 4.69) is 21.2 Å². The van der Waals surface area contributed by atoms with Crippen molar-refractivity contribution in [3.63, 3.8) is 0 Å². The van der Waals surface area contributed by atoms with Crippen LogP contribution in [0.25, 0.3) is 0 Å². The average molecular weight is 341 g/mol. The van der Waals surface area contributed by atoms with Gasteiger partial charge in [-0.05, 0) is 24.1 Å². The van der Waals surface area contributed by atoms with Crippen molar-refractivity contribution in [2.24, 2.45) is 0 Å². The molecule has 1 N–H and O–H groups in total. The molecule has 0 spiro atoms. The van der Waals surface area contributed by atoms with E-state index in [-0.39, 0.29) is 18.2 Å². The van der Waals surface area contributed by atoms with Crippen LogP contribution >= 0.6 is 15.9 Å². The maximum atomic E-state index is 11.8. The van der Waals surface area contributed by atoms with Crippen molar-refractivity contribution in [1.82, 2.24) is 0 Å². The fourth-order valence-corrected chi connectivity index (χ4v) is 2.83. The predicted octanol–water partition coefficient (Wildman–Crippen LogP) is 2.33. The highest BCUT2D eigenvalue weighted by molar-refractivity contribution is 9.10. The molecule has 2 rings (SSSR count). The van der Waals surface area contributed by atoms with E-state index in [4.69, 9.17) is 4.74 Å². The van der Waals surface area contributed by atoms with Crippen molar-refractivity contribution in [3.05, 3.63) is 22.2 Å². The Kier molecular flexibility index (Phi) is 4.77. The van der Waals surface area contributed by atoms with Crippen molar-refractivity contribution in [3.8, 4) is 0 Å². The number of carbonyl (C=O) groups is 2. The Labute approximate surface area is 126 Å². The number of fused-ring (bicyclic) bond motifs is 1. The van der Waals surface area contributed by atoms with Gasteiger partial charge in [0.15, 0.2) is 0 Å². The minimum atomic E-state index is -0.123. The molecule has 0 saturated carbocycles. The highest BCUT2D eigenvalue weighted by atomic mass is 79.9. The number of benzene rings is 1. The van der Waals surface area contributed by atoms with E-state index < -0.39 is 0 Å². The van der Waals surface area contributed by atoms with Gasteiger partial charge in [-0.15, -0.1) is 0 Å². The first-order chi connectivity index (χ1) is 9.52. The smallest absolute Gasteiger partial charge is 0.226 e. The molecule has 0 atom stereocenters. The minimum Gasteiger partial charge on any atom is -0.384 e. The zero-order valence-corrected chi connectivity index (χ0v) is 13.1. The lowest BCUT2D eigenvalue weighted by Gasteiger charge is -2.19. The van der Waals surface area contributed by atoms with E-state index in [1.54, 1.807) is 12.0 Å². The second kappa shape index (κ2) is 6.37. The molecule has 0 unspecified atom stereocenters. The second-order valence-corrected chi connectivity index (χ2v) is 5.59. The largest absolute Gasteiger partial charge is 0.384 e. The molecule has 20 heavy (non-hydrogen) atoms. The molecule has 2 amide bonds.